The Morgan fingerprint density at radius 1 is 1.09 bits per heavy atom. The normalized spacial score (nSPS) is 16.5. The molecule has 0 bridgehead atoms. The van der Waals surface area contributed by atoms with Gasteiger partial charge in [0, 0.05) is 31.6 Å². The Kier molecular flexibility index (Phi) is 3.70. The Morgan fingerprint density at radius 3 is 2.77 bits per heavy atom. The zero-order valence-electron chi connectivity index (χ0n) is 12.3. The van der Waals surface area contributed by atoms with Crippen LogP contribution in [-0.4, -0.2) is 42.3 Å². The van der Waals surface area contributed by atoms with Gasteiger partial charge in [0.2, 0.25) is 5.43 Å². The summed E-state index contributed by atoms with van der Waals surface area (Å²) in [6.07, 6.45) is 0. The van der Waals surface area contributed by atoms with E-state index in [1.807, 2.05) is 17.5 Å². The first kappa shape index (κ1) is 13.9. The van der Waals surface area contributed by atoms with Gasteiger partial charge in [-0.25, -0.2) is 0 Å². The van der Waals surface area contributed by atoms with E-state index in [1.54, 1.807) is 17.4 Å². The van der Waals surface area contributed by atoms with Crippen LogP contribution >= 0.6 is 11.3 Å². The lowest BCUT2D eigenvalue weighted by atomic mass is 10.2. The van der Waals surface area contributed by atoms with Crippen molar-refractivity contribution in [3.8, 4) is 0 Å². The van der Waals surface area contributed by atoms with Crippen molar-refractivity contribution in [1.29, 1.82) is 0 Å². The molecule has 4 nitrogen and oxygen atoms in total. The Balaban J connectivity index is 1.78. The SMILES string of the molecule is O=c1ccsc2c3ccccc3n(CCN3CCOCC3)c12. The van der Waals surface area contributed by atoms with E-state index in [1.165, 1.54) is 5.39 Å². The molecule has 0 radical (unpaired) electrons. The molecule has 1 aliphatic heterocycles. The quantitative estimate of drug-likeness (QED) is 0.745. The molecule has 1 fully saturated rings. The van der Waals surface area contributed by atoms with Gasteiger partial charge in [0.05, 0.1) is 23.4 Å². The van der Waals surface area contributed by atoms with Crippen LogP contribution in [0.5, 0.6) is 0 Å². The third kappa shape index (κ3) is 2.35. The molecule has 2 aromatic heterocycles. The number of aromatic nitrogens is 1. The molecule has 0 spiro atoms. The number of rotatable bonds is 3. The molecule has 0 aliphatic carbocycles. The van der Waals surface area contributed by atoms with Gasteiger partial charge in [-0.3, -0.25) is 9.69 Å². The number of fused-ring (bicyclic) bond motifs is 3. The maximum atomic E-state index is 12.4. The van der Waals surface area contributed by atoms with Crippen molar-refractivity contribution in [1.82, 2.24) is 9.47 Å². The van der Waals surface area contributed by atoms with Gasteiger partial charge in [-0.2, -0.15) is 0 Å². The van der Waals surface area contributed by atoms with Gasteiger partial charge in [-0.05, 0) is 17.5 Å². The van der Waals surface area contributed by atoms with Crippen molar-refractivity contribution in [2.75, 3.05) is 32.8 Å². The Hall–Kier alpha value is -1.69. The van der Waals surface area contributed by atoms with Gasteiger partial charge >= 0.3 is 0 Å². The first-order chi connectivity index (χ1) is 10.8. The summed E-state index contributed by atoms with van der Waals surface area (Å²) in [5.41, 5.74) is 2.12. The summed E-state index contributed by atoms with van der Waals surface area (Å²) in [5.74, 6) is 0. The van der Waals surface area contributed by atoms with Crippen LogP contribution in [0, 0.1) is 0 Å². The highest BCUT2D eigenvalue weighted by molar-refractivity contribution is 7.17. The second-order valence-electron chi connectivity index (χ2n) is 5.59. The number of morpholine rings is 1. The highest BCUT2D eigenvalue weighted by atomic mass is 32.1. The van der Waals surface area contributed by atoms with Crippen LogP contribution in [0.15, 0.2) is 40.5 Å². The summed E-state index contributed by atoms with van der Waals surface area (Å²) < 4.78 is 8.69. The lowest BCUT2D eigenvalue weighted by molar-refractivity contribution is 0.0366. The standard InChI is InChI=1S/C17H18N2O2S/c20-15-5-12-22-17-13-3-1-2-4-14(13)19(16(15)17)7-6-18-8-10-21-11-9-18/h1-5,12H,6-11H2. The van der Waals surface area contributed by atoms with Crippen LogP contribution in [0.3, 0.4) is 0 Å². The van der Waals surface area contributed by atoms with Gasteiger partial charge in [0.25, 0.3) is 0 Å². The molecular weight excluding hydrogens is 296 g/mol. The zero-order chi connectivity index (χ0) is 14.9. The van der Waals surface area contributed by atoms with Crippen molar-refractivity contribution in [2.24, 2.45) is 0 Å². The Labute approximate surface area is 132 Å². The number of hydrogen-bond acceptors (Lipinski definition) is 4. The summed E-state index contributed by atoms with van der Waals surface area (Å²) in [6.45, 7) is 5.37. The van der Waals surface area contributed by atoms with E-state index in [0.717, 1.165) is 55.1 Å². The maximum absolute atomic E-state index is 12.4. The van der Waals surface area contributed by atoms with Crippen LogP contribution in [0.2, 0.25) is 0 Å². The van der Waals surface area contributed by atoms with Crippen LogP contribution in [0.4, 0.5) is 0 Å². The average molecular weight is 314 g/mol. The van der Waals surface area contributed by atoms with Crippen molar-refractivity contribution in [2.45, 2.75) is 6.54 Å². The molecule has 5 heteroatoms. The molecule has 0 saturated carbocycles. The van der Waals surface area contributed by atoms with E-state index in [-0.39, 0.29) is 5.43 Å². The largest absolute Gasteiger partial charge is 0.379 e. The van der Waals surface area contributed by atoms with E-state index in [0.29, 0.717) is 0 Å². The second-order valence-corrected chi connectivity index (χ2v) is 6.50. The summed E-state index contributed by atoms with van der Waals surface area (Å²) in [7, 11) is 0. The summed E-state index contributed by atoms with van der Waals surface area (Å²) in [6, 6.07) is 9.98. The first-order valence-corrected chi connectivity index (χ1v) is 8.51. The van der Waals surface area contributed by atoms with Gasteiger partial charge in [-0.15, -0.1) is 11.3 Å². The minimum absolute atomic E-state index is 0.118. The third-order valence-corrected chi connectivity index (χ3v) is 5.23. The van der Waals surface area contributed by atoms with Gasteiger partial charge in [0.15, 0.2) is 0 Å². The van der Waals surface area contributed by atoms with Gasteiger partial charge < -0.3 is 9.30 Å². The number of nitrogens with zero attached hydrogens (tertiary/aromatic N) is 2. The number of benzene rings is 1. The van der Waals surface area contributed by atoms with Crippen molar-refractivity contribution in [3.05, 3.63) is 45.9 Å². The lowest BCUT2D eigenvalue weighted by Gasteiger charge is -2.26. The lowest BCUT2D eigenvalue weighted by Crippen LogP contribution is -2.38. The second kappa shape index (κ2) is 5.83. The Morgan fingerprint density at radius 2 is 1.91 bits per heavy atom. The van der Waals surface area contributed by atoms with Gasteiger partial charge in [-0.1, -0.05) is 18.2 Å². The molecule has 0 amide bonds. The fraction of sp³-hybridized carbons (Fsp3) is 0.353. The fourth-order valence-corrected chi connectivity index (χ4v) is 4.13. The Bertz CT molecular complexity index is 862. The molecule has 3 heterocycles. The van der Waals surface area contributed by atoms with Gasteiger partial charge in [0.1, 0.15) is 5.52 Å². The minimum Gasteiger partial charge on any atom is -0.379 e. The van der Waals surface area contributed by atoms with Crippen LogP contribution in [0.25, 0.3) is 21.1 Å². The third-order valence-electron chi connectivity index (χ3n) is 4.31. The molecule has 0 atom stereocenters. The van der Waals surface area contributed by atoms with E-state index in [2.05, 4.69) is 21.6 Å². The molecule has 0 unspecified atom stereocenters. The van der Waals surface area contributed by atoms with Crippen LogP contribution < -0.4 is 5.43 Å². The minimum atomic E-state index is 0.118. The molecule has 1 aromatic carbocycles. The van der Waals surface area contributed by atoms with E-state index in [9.17, 15) is 4.79 Å². The molecule has 114 valence electrons. The molecule has 22 heavy (non-hydrogen) atoms. The molecule has 4 rings (SSSR count). The molecule has 3 aromatic rings. The van der Waals surface area contributed by atoms with Crippen molar-refractivity contribution >= 4 is 32.5 Å². The summed E-state index contributed by atoms with van der Waals surface area (Å²) in [5, 5.41) is 3.07. The molecular formula is C17H18N2O2S. The number of ether oxygens (including phenoxy) is 1. The van der Waals surface area contributed by atoms with E-state index >= 15 is 0 Å². The van der Waals surface area contributed by atoms with Crippen molar-refractivity contribution in [3.63, 3.8) is 0 Å². The van der Waals surface area contributed by atoms with E-state index < -0.39 is 0 Å². The summed E-state index contributed by atoms with van der Waals surface area (Å²) >= 11 is 1.65. The fourth-order valence-electron chi connectivity index (χ4n) is 3.18. The molecule has 1 aliphatic rings. The van der Waals surface area contributed by atoms with E-state index in [4.69, 9.17) is 4.74 Å². The van der Waals surface area contributed by atoms with Crippen molar-refractivity contribution < 1.29 is 4.74 Å². The predicted molar refractivity (Wildman–Crippen MR) is 90.9 cm³/mol. The topological polar surface area (TPSA) is 34.5 Å². The first-order valence-electron chi connectivity index (χ1n) is 7.63. The average Bonchev–Trinajstić information content (AvgIpc) is 2.89. The molecule has 0 N–H and O–H groups in total. The summed E-state index contributed by atoms with van der Waals surface area (Å²) in [4.78, 5) is 14.8. The molecule has 1 saturated heterocycles. The monoisotopic (exact) mass is 314 g/mol. The highest BCUT2D eigenvalue weighted by Crippen LogP contribution is 2.29. The zero-order valence-corrected chi connectivity index (χ0v) is 13.1. The highest BCUT2D eigenvalue weighted by Gasteiger charge is 2.15. The predicted octanol–water partition coefficient (Wildman–Crippen LogP) is 2.55. The number of para-hydroxylation sites is 1. The van der Waals surface area contributed by atoms with Crippen LogP contribution in [-0.2, 0) is 11.3 Å². The smallest absolute Gasteiger partial charge is 0.204 e. The maximum Gasteiger partial charge on any atom is 0.204 e. The number of hydrogen-bond donors (Lipinski definition) is 0. The van der Waals surface area contributed by atoms with Crippen LogP contribution in [0.1, 0.15) is 0 Å².